The summed E-state index contributed by atoms with van der Waals surface area (Å²) >= 11 is 0. The third kappa shape index (κ3) is 3.49. The largest absolute Gasteiger partial charge is 0.380 e. The van der Waals surface area contributed by atoms with E-state index >= 15 is 0 Å². The number of nitro groups is 1. The van der Waals surface area contributed by atoms with E-state index in [4.69, 9.17) is 9.47 Å². The zero-order valence-corrected chi connectivity index (χ0v) is 15.6. The minimum Gasteiger partial charge on any atom is -0.380 e. The molecule has 0 saturated carbocycles. The lowest BCUT2D eigenvalue weighted by molar-refractivity contribution is -0.384. The molecule has 2 heterocycles. The first-order valence-electron chi connectivity index (χ1n) is 9.03. The second-order valence-electron chi connectivity index (χ2n) is 7.27. The molecule has 0 aliphatic carbocycles. The van der Waals surface area contributed by atoms with Crippen LogP contribution >= 0.6 is 0 Å². The highest BCUT2D eigenvalue weighted by molar-refractivity contribution is 5.79. The number of hydrogen-bond donors (Lipinski definition) is 1. The van der Waals surface area contributed by atoms with Crippen LogP contribution in [0.2, 0.25) is 0 Å². The van der Waals surface area contributed by atoms with Crippen molar-refractivity contribution in [3.8, 4) is 0 Å². The van der Waals surface area contributed by atoms with Crippen molar-refractivity contribution in [2.45, 2.75) is 38.4 Å². The Balaban J connectivity index is 1.78. The molecule has 1 N–H and O–H groups in total. The van der Waals surface area contributed by atoms with E-state index in [0.29, 0.717) is 35.6 Å². The quantitative estimate of drug-likeness (QED) is 0.537. The first-order chi connectivity index (χ1) is 13.3. The Bertz CT molecular complexity index is 1020. The number of benzene rings is 2. The number of aliphatic hydroxyl groups is 1. The van der Waals surface area contributed by atoms with Gasteiger partial charge in [-0.05, 0) is 25.5 Å². The Hall–Kier alpha value is -2.81. The molecule has 1 fully saturated rings. The number of ether oxygens (including phenoxy) is 2. The van der Waals surface area contributed by atoms with Crippen LogP contribution in [0.5, 0.6) is 0 Å². The van der Waals surface area contributed by atoms with Gasteiger partial charge >= 0.3 is 0 Å². The number of fused-ring (bicyclic) bond motifs is 1. The van der Waals surface area contributed by atoms with Gasteiger partial charge in [0, 0.05) is 12.1 Å². The topological polar surface area (TPSA) is 99.7 Å². The molecule has 8 heteroatoms. The summed E-state index contributed by atoms with van der Waals surface area (Å²) in [5, 5.41) is 22.1. The number of aromatic nitrogens is 2. The molecule has 8 nitrogen and oxygen atoms in total. The molecule has 3 aromatic rings. The Kier molecular flexibility index (Phi) is 4.62. The van der Waals surface area contributed by atoms with E-state index in [1.807, 2.05) is 48.7 Å². The molecule has 0 spiro atoms. The molecule has 2 aromatic carbocycles. The van der Waals surface area contributed by atoms with Crippen molar-refractivity contribution in [1.82, 2.24) is 9.55 Å². The number of imidazole rings is 1. The van der Waals surface area contributed by atoms with E-state index in [0.717, 1.165) is 0 Å². The molecular weight excluding hydrogens is 362 g/mol. The van der Waals surface area contributed by atoms with E-state index in [1.165, 1.54) is 12.1 Å². The average Bonchev–Trinajstić information content (AvgIpc) is 3.21. The highest BCUT2D eigenvalue weighted by atomic mass is 16.7. The first kappa shape index (κ1) is 18.5. The second-order valence-corrected chi connectivity index (χ2v) is 7.27. The predicted octanol–water partition coefficient (Wildman–Crippen LogP) is 3.18. The smallest absolute Gasteiger partial charge is 0.271 e. The summed E-state index contributed by atoms with van der Waals surface area (Å²) in [6.07, 6.45) is -1.19. The predicted molar refractivity (Wildman–Crippen MR) is 102 cm³/mol. The monoisotopic (exact) mass is 383 g/mol. The van der Waals surface area contributed by atoms with Crippen LogP contribution in [0.4, 0.5) is 5.69 Å². The van der Waals surface area contributed by atoms with Gasteiger partial charge in [0.25, 0.3) is 5.69 Å². The van der Waals surface area contributed by atoms with Crippen LogP contribution in [0.3, 0.4) is 0 Å². The van der Waals surface area contributed by atoms with Crippen LogP contribution in [0.1, 0.15) is 31.3 Å². The lowest BCUT2D eigenvalue weighted by Gasteiger charge is -2.19. The fourth-order valence-electron chi connectivity index (χ4n) is 3.49. The molecule has 1 aromatic heterocycles. The van der Waals surface area contributed by atoms with Crippen molar-refractivity contribution in [3.63, 3.8) is 0 Å². The number of nitro benzene ring substituents is 1. The normalized spacial score (nSPS) is 19.8. The van der Waals surface area contributed by atoms with Gasteiger partial charge in [0.05, 0.1) is 29.1 Å². The van der Waals surface area contributed by atoms with Crippen LogP contribution in [0.15, 0.2) is 48.5 Å². The van der Waals surface area contributed by atoms with Crippen molar-refractivity contribution in [1.29, 1.82) is 0 Å². The maximum Gasteiger partial charge on any atom is 0.271 e. The maximum atomic E-state index is 11.1. The third-order valence-electron chi connectivity index (χ3n) is 4.79. The van der Waals surface area contributed by atoms with Gasteiger partial charge in [-0.3, -0.25) is 10.1 Å². The van der Waals surface area contributed by atoms with Crippen molar-refractivity contribution in [3.05, 3.63) is 70.0 Å². The highest BCUT2D eigenvalue weighted by Crippen LogP contribution is 2.30. The molecule has 0 radical (unpaired) electrons. The molecule has 4 rings (SSSR count). The minimum atomic E-state index is -0.969. The fourth-order valence-corrected chi connectivity index (χ4v) is 3.49. The Labute approximate surface area is 161 Å². The van der Waals surface area contributed by atoms with Gasteiger partial charge in [0.1, 0.15) is 18.0 Å². The second kappa shape index (κ2) is 6.97. The van der Waals surface area contributed by atoms with Gasteiger partial charge in [-0.2, -0.15) is 0 Å². The zero-order chi connectivity index (χ0) is 19.9. The van der Waals surface area contributed by atoms with Crippen LogP contribution in [-0.2, 0) is 16.0 Å². The number of aliphatic hydroxyl groups excluding tert-OH is 1. The van der Waals surface area contributed by atoms with E-state index in [9.17, 15) is 15.2 Å². The molecule has 1 aliphatic rings. The van der Waals surface area contributed by atoms with E-state index in [-0.39, 0.29) is 11.8 Å². The number of non-ortho nitro benzene ring substituents is 1. The Morgan fingerprint density at radius 3 is 2.71 bits per heavy atom. The number of rotatable bonds is 5. The van der Waals surface area contributed by atoms with Gasteiger partial charge in [0.2, 0.25) is 0 Å². The summed E-state index contributed by atoms with van der Waals surface area (Å²) in [6.45, 7) is 4.53. The number of nitrogens with zero attached hydrogens (tertiary/aromatic N) is 3. The fraction of sp³-hybridized carbons (Fsp3) is 0.350. The lowest BCUT2D eigenvalue weighted by Crippen LogP contribution is -2.25. The van der Waals surface area contributed by atoms with Crippen molar-refractivity contribution >= 4 is 16.7 Å². The Morgan fingerprint density at radius 2 is 2.07 bits per heavy atom. The van der Waals surface area contributed by atoms with Crippen molar-refractivity contribution in [2.75, 3.05) is 6.61 Å². The third-order valence-corrected chi connectivity index (χ3v) is 4.79. The van der Waals surface area contributed by atoms with Gasteiger partial charge in [-0.25, -0.2) is 4.98 Å². The molecule has 2 atom stereocenters. The average molecular weight is 383 g/mol. The molecule has 2 unspecified atom stereocenters. The van der Waals surface area contributed by atoms with Gasteiger partial charge in [0.15, 0.2) is 5.79 Å². The SMILES string of the molecule is CC1(C)OCC(Cn2c(C(O)c3ccccc3)nc3cc([N+](=O)[O-])ccc32)O1. The lowest BCUT2D eigenvalue weighted by atomic mass is 10.1. The van der Waals surface area contributed by atoms with E-state index in [1.54, 1.807) is 6.07 Å². The Morgan fingerprint density at radius 1 is 1.32 bits per heavy atom. The highest BCUT2D eigenvalue weighted by Gasteiger charge is 2.34. The molecule has 1 saturated heterocycles. The summed E-state index contributed by atoms with van der Waals surface area (Å²) in [7, 11) is 0. The molecule has 28 heavy (non-hydrogen) atoms. The summed E-state index contributed by atoms with van der Waals surface area (Å²) in [5.74, 6) is -0.257. The van der Waals surface area contributed by atoms with Crippen molar-refractivity contribution in [2.24, 2.45) is 0 Å². The van der Waals surface area contributed by atoms with Crippen LogP contribution in [-0.4, -0.2) is 38.1 Å². The van der Waals surface area contributed by atoms with Gasteiger partial charge in [-0.15, -0.1) is 0 Å². The first-order valence-corrected chi connectivity index (χ1v) is 9.03. The van der Waals surface area contributed by atoms with Crippen LogP contribution in [0.25, 0.3) is 11.0 Å². The summed E-state index contributed by atoms with van der Waals surface area (Å²) in [6, 6.07) is 13.7. The molecule has 0 bridgehead atoms. The molecule has 0 amide bonds. The zero-order valence-electron chi connectivity index (χ0n) is 15.6. The molecule has 146 valence electrons. The molecular formula is C20H21N3O5. The van der Waals surface area contributed by atoms with Crippen LogP contribution < -0.4 is 0 Å². The van der Waals surface area contributed by atoms with Gasteiger partial charge in [-0.1, -0.05) is 30.3 Å². The number of hydrogen-bond acceptors (Lipinski definition) is 6. The summed E-state index contributed by atoms with van der Waals surface area (Å²) in [4.78, 5) is 15.2. The standard InChI is InChI=1S/C20H21N3O5/c1-20(2)27-12-15(28-20)11-22-17-9-8-14(23(25)26)10-16(17)21-19(22)18(24)13-6-4-3-5-7-13/h3-10,15,18,24H,11-12H2,1-2H3. The molecule has 1 aliphatic heterocycles. The van der Waals surface area contributed by atoms with Gasteiger partial charge < -0.3 is 19.1 Å². The minimum absolute atomic E-state index is 0.0421. The summed E-state index contributed by atoms with van der Waals surface area (Å²) < 4.78 is 13.4. The van der Waals surface area contributed by atoms with Crippen LogP contribution in [0, 0.1) is 10.1 Å². The van der Waals surface area contributed by atoms with E-state index in [2.05, 4.69) is 4.98 Å². The van der Waals surface area contributed by atoms with Crippen molar-refractivity contribution < 1.29 is 19.5 Å². The van der Waals surface area contributed by atoms with E-state index < -0.39 is 16.8 Å². The summed E-state index contributed by atoms with van der Waals surface area (Å²) in [5.41, 5.74) is 1.80. The maximum absolute atomic E-state index is 11.1.